The van der Waals surface area contributed by atoms with E-state index in [1.165, 1.54) is 5.56 Å². The average Bonchev–Trinajstić information content (AvgIpc) is 3.17. The molecule has 3 atom stereocenters. The highest BCUT2D eigenvalue weighted by Gasteiger charge is 2.39. The lowest BCUT2D eigenvalue weighted by atomic mass is 10.1. The first kappa shape index (κ1) is 15.2. The maximum Gasteiger partial charge on any atom is 0.191 e. The summed E-state index contributed by atoms with van der Waals surface area (Å²) in [6, 6.07) is 9.00. The first-order valence-electron chi connectivity index (χ1n) is 7.26. The van der Waals surface area contributed by atoms with Crippen LogP contribution < -0.4 is 10.6 Å². The quantitative estimate of drug-likeness (QED) is 0.659. The van der Waals surface area contributed by atoms with Gasteiger partial charge in [0.15, 0.2) is 5.96 Å². The van der Waals surface area contributed by atoms with Crippen LogP contribution in [-0.2, 0) is 0 Å². The number of nitrogens with one attached hydrogen (secondary N) is 2. The molecule has 1 aromatic carbocycles. The summed E-state index contributed by atoms with van der Waals surface area (Å²) in [6.45, 7) is 6.59. The monoisotopic (exact) mass is 293 g/mol. The molecule has 0 heterocycles. The molecule has 2 N–H and O–H groups in total. The summed E-state index contributed by atoms with van der Waals surface area (Å²) < 4.78 is 0. The van der Waals surface area contributed by atoms with Crippen LogP contribution in [0.2, 0.25) is 5.02 Å². The van der Waals surface area contributed by atoms with Gasteiger partial charge in [-0.2, -0.15) is 0 Å². The molecule has 0 bridgehead atoms. The maximum absolute atomic E-state index is 6.04. The summed E-state index contributed by atoms with van der Waals surface area (Å²) in [5.74, 6) is 2.01. The second-order valence-electron chi connectivity index (χ2n) is 5.90. The van der Waals surface area contributed by atoms with Gasteiger partial charge in [-0.15, -0.1) is 0 Å². The van der Waals surface area contributed by atoms with Gasteiger partial charge < -0.3 is 10.6 Å². The molecule has 1 aromatic rings. The lowest BCUT2D eigenvalue weighted by Gasteiger charge is -2.20. The molecule has 1 aliphatic rings. The third-order valence-corrected chi connectivity index (χ3v) is 4.21. The van der Waals surface area contributed by atoms with E-state index in [1.807, 2.05) is 19.2 Å². The highest BCUT2D eigenvalue weighted by Crippen LogP contribution is 2.41. The van der Waals surface area contributed by atoms with Crippen molar-refractivity contribution in [2.24, 2.45) is 10.9 Å². The van der Waals surface area contributed by atoms with Crippen LogP contribution in [0.25, 0.3) is 0 Å². The fourth-order valence-corrected chi connectivity index (χ4v) is 2.39. The zero-order valence-corrected chi connectivity index (χ0v) is 13.4. The number of guanidine groups is 1. The van der Waals surface area contributed by atoms with E-state index in [9.17, 15) is 0 Å². The largest absolute Gasteiger partial charge is 0.354 e. The smallest absolute Gasteiger partial charge is 0.191 e. The number of aliphatic imine (C=N–C) groups is 1. The second kappa shape index (κ2) is 6.49. The van der Waals surface area contributed by atoms with Crippen molar-refractivity contribution in [1.29, 1.82) is 0 Å². The van der Waals surface area contributed by atoms with Gasteiger partial charge in [0.25, 0.3) is 0 Å². The van der Waals surface area contributed by atoms with Crippen LogP contribution in [0, 0.1) is 5.92 Å². The molecule has 0 spiro atoms. The molecule has 0 aliphatic heterocycles. The van der Waals surface area contributed by atoms with Gasteiger partial charge in [0.1, 0.15) is 0 Å². The Balaban J connectivity index is 1.89. The Morgan fingerprint density at radius 1 is 1.35 bits per heavy atom. The number of hydrogen-bond donors (Lipinski definition) is 2. The van der Waals surface area contributed by atoms with Crippen molar-refractivity contribution in [2.45, 2.75) is 45.2 Å². The zero-order valence-electron chi connectivity index (χ0n) is 12.7. The zero-order chi connectivity index (χ0) is 14.7. The Bertz CT molecular complexity index is 484. The molecule has 1 aliphatic carbocycles. The third kappa shape index (κ3) is 3.89. The molecule has 4 heteroatoms. The van der Waals surface area contributed by atoms with Gasteiger partial charge in [-0.3, -0.25) is 4.99 Å². The average molecular weight is 294 g/mol. The minimum absolute atomic E-state index is 0.407. The molecule has 3 unspecified atom stereocenters. The maximum atomic E-state index is 6.04. The summed E-state index contributed by atoms with van der Waals surface area (Å²) in [5.41, 5.74) is 1.31. The van der Waals surface area contributed by atoms with E-state index >= 15 is 0 Å². The lowest BCUT2D eigenvalue weighted by Crippen LogP contribution is -2.45. The first-order valence-corrected chi connectivity index (χ1v) is 7.64. The van der Waals surface area contributed by atoms with Crippen molar-refractivity contribution in [3.8, 4) is 0 Å². The minimum Gasteiger partial charge on any atom is -0.354 e. The van der Waals surface area contributed by atoms with Crippen molar-refractivity contribution in [2.75, 3.05) is 7.05 Å². The first-order chi connectivity index (χ1) is 9.51. The number of benzene rings is 1. The summed E-state index contributed by atoms with van der Waals surface area (Å²) in [5, 5.41) is 7.73. The molecule has 1 saturated carbocycles. The minimum atomic E-state index is 0.407. The van der Waals surface area contributed by atoms with Crippen LogP contribution in [0.15, 0.2) is 29.3 Å². The van der Waals surface area contributed by atoms with E-state index in [0.717, 1.165) is 17.4 Å². The molecule has 0 radical (unpaired) electrons. The van der Waals surface area contributed by atoms with Gasteiger partial charge in [-0.05, 0) is 37.0 Å². The van der Waals surface area contributed by atoms with Crippen LogP contribution in [0.4, 0.5) is 0 Å². The van der Waals surface area contributed by atoms with Gasteiger partial charge in [-0.1, -0.05) is 37.6 Å². The number of rotatable bonds is 4. The predicted octanol–water partition coefficient (Wildman–Crippen LogP) is 3.41. The third-order valence-electron chi connectivity index (χ3n) is 3.98. The van der Waals surface area contributed by atoms with Gasteiger partial charge >= 0.3 is 0 Å². The highest BCUT2D eigenvalue weighted by atomic mass is 35.5. The molecule has 110 valence electrons. The van der Waals surface area contributed by atoms with Gasteiger partial charge in [0, 0.05) is 30.1 Å². The topological polar surface area (TPSA) is 36.4 Å². The standard InChI is InChI=1S/C16H24ClN3/c1-10(2)11(3)19-16(18-4)20-15-9-14(15)12-6-5-7-13(17)8-12/h5-8,10-11,14-15H,9H2,1-4H3,(H2,18,19,20). The van der Waals surface area contributed by atoms with Crippen molar-refractivity contribution in [3.63, 3.8) is 0 Å². The number of nitrogens with zero attached hydrogens (tertiary/aromatic N) is 1. The van der Waals surface area contributed by atoms with Crippen LogP contribution in [0.3, 0.4) is 0 Å². The predicted molar refractivity (Wildman–Crippen MR) is 86.5 cm³/mol. The SMILES string of the molecule is CN=C(NC(C)C(C)C)NC1CC1c1cccc(Cl)c1. The molecule has 0 amide bonds. The fourth-order valence-electron chi connectivity index (χ4n) is 2.19. The molecule has 20 heavy (non-hydrogen) atoms. The van der Waals surface area contributed by atoms with Gasteiger partial charge in [0.2, 0.25) is 0 Å². The Hall–Kier alpha value is -1.22. The molecular weight excluding hydrogens is 270 g/mol. The normalized spacial score (nSPS) is 23.6. The van der Waals surface area contributed by atoms with Crippen LogP contribution in [0.1, 0.15) is 38.7 Å². The molecule has 1 fully saturated rings. The summed E-state index contributed by atoms with van der Waals surface area (Å²) in [6.07, 6.45) is 1.14. The highest BCUT2D eigenvalue weighted by molar-refractivity contribution is 6.30. The molecular formula is C16H24ClN3. The Kier molecular flexibility index (Phi) is 4.92. The Labute approximate surface area is 126 Å². The molecule has 2 rings (SSSR count). The van der Waals surface area contributed by atoms with E-state index in [0.29, 0.717) is 23.9 Å². The lowest BCUT2D eigenvalue weighted by molar-refractivity contribution is 0.480. The van der Waals surface area contributed by atoms with E-state index in [1.54, 1.807) is 0 Å². The van der Waals surface area contributed by atoms with E-state index in [2.05, 4.69) is 48.5 Å². The second-order valence-corrected chi connectivity index (χ2v) is 6.33. The van der Waals surface area contributed by atoms with Gasteiger partial charge in [0.05, 0.1) is 0 Å². The molecule has 3 nitrogen and oxygen atoms in total. The Morgan fingerprint density at radius 2 is 2.10 bits per heavy atom. The van der Waals surface area contributed by atoms with E-state index in [-0.39, 0.29) is 0 Å². The number of hydrogen-bond acceptors (Lipinski definition) is 1. The summed E-state index contributed by atoms with van der Waals surface area (Å²) in [7, 11) is 1.82. The van der Waals surface area contributed by atoms with Crippen LogP contribution in [-0.4, -0.2) is 25.1 Å². The fraction of sp³-hybridized carbons (Fsp3) is 0.562. The molecule has 0 aromatic heterocycles. The van der Waals surface area contributed by atoms with Crippen molar-refractivity contribution in [3.05, 3.63) is 34.9 Å². The van der Waals surface area contributed by atoms with E-state index < -0.39 is 0 Å². The van der Waals surface area contributed by atoms with Crippen molar-refractivity contribution in [1.82, 2.24) is 10.6 Å². The van der Waals surface area contributed by atoms with Crippen LogP contribution >= 0.6 is 11.6 Å². The van der Waals surface area contributed by atoms with Gasteiger partial charge in [-0.25, -0.2) is 0 Å². The van der Waals surface area contributed by atoms with E-state index in [4.69, 9.17) is 11.6 Å². The summed E-state index contributed by atoms with van der Waals surface area (Å²) in [4.78, 5) is 4.30. The summed E-state index contributed by atoms with van der Waals surface area (Å²) >= 11 is 6.04. The van der Waals surface area contributed by atoms with Crippen molar-refractivity contribution >= 4 is 17.6 Å². The van der Waals surface area contributed by atoms with Crippen molar-refractivity contribution < 1.29 is 0 Å². The Morgan fingerprint density at radius 3 is 2.70 bits per heavy atom. The molecule has 0 saturated heterocycles. The van der Waals surface area contributed by atoms with Crippen LogP contribution in [0.5, 0.6) is 0 Å². The number of halogens is 1.